The first kappa shape index (κ1) is 18.2. The molecular weight excluding hydrogens is 362 g/mol. The second-order valence-electron chi connectivity index (χ2n) is 7.30. The van der Waals surface area contributed by atoms with Crippen LogP contribution in [0.15, 0.2) is 42.5 Å². The summed E-state index contributed by atoms with van der Waals surface area (Å²) in [6.45, 7) is 5.12. The number of fused-ring (bicyclic) bond motifs is 1. The lowest BCUT2D eigenvalue weighted by atomic mass is 9.97. The lowest BCUT2D eigenvalue weighted by Crippen LogP contribution is -2.38. The largest absolute Gasteiger partial charge is 0.486 e. The molecule has 0 spiro atoms. The standard InChI is InChI=1S/C22H24ClNO3/c1-14(16-7-10-20-21(13-16)27-12-11-26-20)22(25)24(17-8-9-17)15(2)18-5-3-4-6-19(18)23/h3-7,10,13-15,17H,8-9,11-12H2,1-2H3. The summed E-state index contributed by atoms with van der Waals surface area (Å²) in [6, 6.07) is 13.8. The zero-order valence-corrected chi connectivity index (χ0v) is 16.4. The highest BCUT2D eigenvalue weighted by Crippen LogP contribution is 2.40. The van der Waals surface area contributed by atoms with Gasteiger partial charge >= 0.3 is 0 Å². The van der Waals surface area contributed by atoms with E-state index in [2.05, 4.69) is 6.92 Å². The van der Waals surface area contributed by atoms with E-state index >= 15 is 0 Å². The molecule has 0 aromatic heterocycles. The third kappa shape index (κ3) is 3.63. The molecule has 4 nitrogen and oxygen atoms in total. The Labute approximate surface area is 165 Å². The van der Waals surface area contributed by atoms with E-state index in [0.29, 0.717) is 24.3 Å². The van der Waals surface area contributed by atoms with Crippen LogP contribution < -0.4 is 9.47 Å². The van der Waals surface area contributed by atoms with Crippen molar-refractivity contribution in [3.8, 4) is 11.5 Å². The van der Waals surface area contributed by atoms with Crippen LogP contribution in [0.1, 0.15) is 49.8 Å². The first-order valence-corrected chi connectivity index (χ1v) is 9.90. The van der Waals surface area contributed by atoms with Crippen molar-refractivity contribution in [1.29, 1.82) is 0 Å². The van der Waals surface area contributed by atoms with Crippen LogP contribution in [0, 0.1) is 0 Å². The second kappa shape index (κ2) is 7.43. The molecule has 1 aliphatic heterocycles. The molecule has 1 amide bonds. The predicted octanol–water partition coefficient (Wildman–Crippen LogP) is 4.97. The van der Waals surface area contributed by atoms with Crippen LogP contribution in [-0.4, -0.2) is 30.1 Å². The van der Waals surface area contributed by atoms with E-state index in [-0.39, 0.29) is 17.9 Å². The molecule has 5 heteroatoms. The van der Waals surface area contributed by atoms with Crippen molar-refractivity contribution in [2.75, 3.05) is 13.2 Å². The Bertz CT molecular complexity index is 849. The van der Waals surface area contributed by atoms with Crippen LogP contribution in [0.3, 0.4) is 0 Å². The zero-order valence-electron chi connectivity index (χ0n) is 15.7. The highest BCUT2D eigenvalue weighted by molar-refractivity contribution is 6.31. The van der Waals surface area contributed by atoms with E-state index < -0.39 is 0 Å². The fourth-order valence-corrected chi connectivity index (χ4v) is 3.99. The maximum absolute atomic E-state index is 13.4. The molecule has 4 rings (SSSR count). The van der Waals surface area contributed by atoms with Crippen LogP contribution in [0.2, 0.25) is 5.02 Å². The Kier molecular flexibility index (Phi) is 5.00. The quantitative estimate of drug-likeness (QED) is 0.729. The van der Waals surface area contributed by atoms with Crippen LogP contribution in [-0.2, 0) is 4.79 Å². The summed E-state index contributed by atoms with van der Waals surface area (Å²) in [5, 5.41) is 0.704. The number of ether oxygens (including phenoxy) is 2. The number of nitrogens with zero attached hydrogens (tertiary/aromatic N) is 1. The number of hydrogen-bond donors (Lipinski definition) is 0. The van der Waals surface area contributed by atoms with Crippen molar-refractivity contribution >= 4 is 17.5 Å². The Hall–Kier alpha value is -2.20. The number of hydrogen-bond acceptors (Lipinski definition) is 3. The van der Waals surface area contributed by atoms with Gasteiger partial charge in [-0.3, -0.25) is 4.79 Å². The van der Waals surface area contributed by atoms with Crippen LogP contribution in [0.5, 0.6) is 11.5 Å². The third-order valence-electron chi connectivity index (χ3n) is 5.40. The van der Waals surface area contributed by atoms with Gasteiger partial charge in [-0.15, -0.1) is 0 Å². The molecule has 0 radical (unpaired) electrons. The number of benzene rings is 2. The summed E-state index contributed by atoms with van der Waals surface area (Å²) in [5.41, 5.74) is 1.94. The molecule has 142 valence electrons. The monoisotopic (exact) mass is 385 g/mol. The lowest BCUT2D eigenvalue weighted by molar-refractivity contribution is -0.135. The molecule has 2 unspecified atom stereocenters. The predicted molar refractivity (Wildman–Crippen MR) is 106 cm³/mol. The Morgan fingerprint density at radius 3 is 2.48 bits per heavy atom. The average molecular weight is 386 g/mol. The fraction of sp³-hybridized carbons (Fsp3) is 0.409. The summed E-state index contributed by atoms with van der Waals surface area (Å²) in [5.74, 6) is 1.33. The Morgan fingerprint density at radius 1 is 1.07 bits per heavy atom. The van der Waals surface area contributed by atoms with Crippen molar-refractivity contribution in [1.82, 2.24) is 4.90 Å². The molecule has 2 atom stereocenters. The van der Waals surface area contributed by atoms with Gasteiger partial charge in [-0.2, -0.15) is 0 Å². The van der Waals surface area contributed by atoms with E-state index in [1.54, 1.807) is 0 Å². The first-order chi connectivity index (χ1) is 13.1. The van der Waals surface area contributed by atoms with Crippen molar-refractivity contribution < 1.29 is 14.3 Å². The highest BCUT2D eigenvalue weighted by atomic mass is 35.5. The van der Waals surface area contributed by atoms with Crippen LogP contribution >= 0.6 is 11.6 Å². The van der Waals surface area contributed by atoms with Crippen LogP contribution in [0.4, 0.5) is 0 Å². The van der Waals surface area contributed by atoms with Crippen molar-refractivity contribution in [3.63, 3.8) is 0 Å². The van der Waals surface area contributed by atoms with Gasteiger partial charge in [0.25, 0.3) is 0 Å². The Morgan fingerprint density at radius 2 is 1.78 bits per heavy atom. The average Bonchev–Trinajstić information content (AvgIpc) is 3.52. The van der Waals surface area contributed by atoms with Gasteiger partial charge in [0, 0.05) is 11.1 Å². The summed E-state index contributed by atoms with van der Waals surface area (Å²) < 4.78 is 11.3. The SMILES string of the molecule is CC(C(=O)N(C1CC1)C(C)c1ccccc1Cl)c1ccc2c(c1)OCCO2. The summed E-state index contributed by atoms with van der Waals surface area (Å²) in [6.07, 6.45) is 2.10. The summed E-state index contributed by atoms with van der Waals surface area (Å²) >= 11 is 6.40. The third-order valence-corrected chi connectivity index (χ3v) is 5.75. The molecule has 2 aliphatic rings. The molecule has 1 fully saturated rings. The van der Waals surface area contributed by atoms with Gasteiger partial charge in [0.2, 0.25) is 5.91 Å². The van der Waals surface area contributed by atoms with Gasteiger partial charge in [0.1, 0.15) is 13.2 Å². The summed E-state index contributed by atoms with van der Waals surface area (Å²) in [7, 11) is 0. The lowest BCUT2D eigenvalue weighted by Gasteiger charge is -2.33. The minimum atomic E-state index is -0.258. The van der Waals surface area contributed by atoms with Crippen LogP contribution in [0.25, 0.3) is 0 Å². The maximum Gasteiger partial charge on any atom is 0.230 e. The number of carbonyl (C=O) groups excluding carboxylic acids is 1. The molecule has 0 bridgehead atoms. The van der Waals surface area contributed by atoms with E-state index in [1.807, 2.05) is 54.3 Å². The maximum atomic E-state index is 13.4. The Balaban J connectivity index is 1.60. The minimum Gasteiger partial charge on any atom is -0.486 e. The molecule has 0 N–H and O–H groups in total. The molecule has 1 aliphatic carbocycles. The highest BCUT2D eigenvalue weighted by Gasteiger charge is 2.38. The smallest absolute Gasteiger partial charge is 0.230 e. The first-order valence-electron chi connectivity index (χ1n) is 9.52. The van der Waals surface area contributed by atoms with E-state index in [4.69, 9.17) is 21.1 Å². The van der Waals surface area contributed by atoms with Gasteiger partial charge in [0.15, 0.2) is 11.5 Å². The summed E-state index contributed by atoms with van der Waals surface area (Å²) in [4.78, 5) is 15.4. The fourth-order valence-electron chi connectivity index (χ4n) is 3.70. The van der Waals surface area contributed by atoms with Gasteiger partial charge in [-0.05, 0) is 56.0 Å². The van der Waals surface area contributed by atoms with E-state index in [1.165, 1.54) is 0 Å². The molecule has 0 saturated heterocycles. The van der Waals surface area contributed by atoms with Gasteiger partial charge in [0.05, 0.1) is 12.0 Å². The van der Waals surface area contributed by atoms with Crippen molar-refractivity contribution in [2.45, 2.75) is 44.7 Å². The normalized spacial score (nSPS) is 17.9. The second-order valence-corrected chi connectivity index (χ2v) is 7.71. The van der Waals surface area contributed by atoms with Gasteiger partial charge < -0.3 is 14.4 Å². The van der Waals surface area contributed by atoms with Crippen molar-refractivity contribution in [2.24, 2.45) is 0 Å². The van der Waals surface area contributed by atoms with E-state index in [9.17, 15) is 4.79 Å². The van der Waals surface area contributed by atoms with Gasteiger partial charge in [-0.25, -0.2) is 0 Å². The molecule has 27 heavy (non-hydrogen) atoms. The van der Waals surface area contributed by atoms with E-state index in [0.717, 1.165) is 35.5 Å². The van der Waals surface area contributed by atoms with Crippen molar-refractivity contribution in [3.05, 3.63) is 58.6 Å². The minimum absolute atomic E-state index is 0.0571. The molecular formula is C22H24ClNO3. The number of amides is 1. The number of carbonyl (C=O) groups is 1. The molecule has 2 aromatic rings. The van der Waals surface area contributed by atoms with Gasteiger partial charge in [-0.1, -0.05) is 35.9 Å². The number of halogens is 1. The molecule has 1 saturated carbocycles. The number of rotatable bonds is 5. The molecule has 2 aromatic carbocycles. The molecule has 1 heterocycles. The topological polar surface area (TPSA) is 38.8 Å². The zero-order chi connectivity index (χ0) is 19.0.